The van der Waals surface area contributed by atoms with E-state index in [2.05, 4.69) is 20.8 Å². The Morgan fingerprint density at radius 3 is 2.58 bits per heavy atom. The number of aliphatic hydroxyl groups excluding tert-OH is 1. The monoisotopic (exact) mass is 266 g/mol. The molecule has 0 radical (unpaired) electrons. The van der Waals surface area contributed by atoms with Crippen molar-refractivity contribution >= 4 is 0 Å². The zero-order chi connectivity index (χ0) is 14.1. The van der Waals surface area contributed by atoms with Gasteiger partial charge in [-0.3, -0.25) is 0 Å². The van der Waals surface area contributed by atoms with Gasteiger partial charge < -0.3 is 14.6 Å². The lowest BCUT2D eigenvalue weighted by atomic mass is 10.1. The van der Waals surface area contributed by atoms with Crippen LogP contribution in [0.25, 0.3) is 0 Å². The van der Waals surface area contributed by atoms with Gasteiger partial charge in [0.1, 0.15) is 11.5 Å². The van der Waals surface area contributed by atoms with Crippen molar-refractivity contribution in [1.29, 1.82) is 0 Å². The van der Waals surface area contributed by atoms with Gasteiger partial charge in [-0.15, -0.1) is 0 Å². The second-order valence-electron chi connectivity index (χ2n) is 4.98. The summed E-state index contributed by atoms with van der Waals surface area (Å²) >= 11 is 0. The molecular formula is C16H26O3. The van der Waals surface area contributed by atoms with Crippen LogP contribution >= 0.6 is 0 Å². The van der Waals surface area contributed by atoms with Gasteiger partial charge in [0.15, 0.2) is 0 Å². The van der Waals surface area contributed by atoms with E-state index in [0.29, 0.717) is 19.1 Å². The van der Waals surface area contributed by atoms with Crippen LogP contribution in [0.2, 0.25) is 0 Å². The van der Waals surface area contributed by atoms with Gasteiger partial charge in [0.25, 0.3) is 0 Å². The van der Waals surface area contributed by atoms with E-state index >= 15 is 0 Å². The van der Waals surface area contributed by atoms with Gasteiger partial charge in [0.2, 0.25) is 0 Å². The minimum absolute atomic E-state index is 0.00838. The maximum atomic E-state index is 9.33. The molecular weight excluding hydrogens is 240 g/mol. The minimum atomic E-state index is -0.00838. The summed E-state index contributed by atoms with van der Waals surface area (Å²) in [6.45, 7) is 7.80. The molecule has 0 amide bonds. The van der Waals surface area contributed by atoms with Gasteiger partial charge in [-0.1, -0.05) is 27.2 Å². The fourth-order valence-corrected chi connectivity index (χ4v) is 1.92. The highest BCUT2D eigenvalue weighted by atomic mass is 16.5. The average Bonchev–Trinajstić information content (AvgIpc) is 2.43. The van der Waals surface area contributed by atoms with Crippen molar-refractivity contribution in [2.45, 2.75) is 46.6 Å². The third-order valence-electron chi connectivity index (χ3n) is 2.99. The summed E-state index contributed by atoms with van der Waals surface area (Å²) in [5, 5.41) is 9.33. The van der Waals surface area contributed by atoms with Gasteiger partial charge in [0.05, 0.1) is 19.8 Å². The number of rotatable bonds is 9. The lowest BCUT2D eigenvalue weighted by Crippen LogP contribution is -2.09. The molecule has 0 heterocycles. The average molecular weight is 266 g/mol. The summed E-state index contributed by atoms with van der Waals surface area (Å²) in [5.74, 6) is 2.06. The Morgan fingerprint density at radius 2 is 1.95 bits per heavy atom. The fraction of sp³-hybridized carbons (Fsp3) is 0.625. The van der Waals surface area contributed by atoms with Gasteiger partial charge in [-0.2, -0.15) is 0 Å². The molecule has 0 aliphatic heterocycles. The van der Waals surface area contributed by atoms with Crippen molar-refractivity contribution in [3.8, 4) is 11.5 Å². The lowest BCUT2D eigenvalue weighted by molar-refractivity contribution is 0.232. The van der Waals surface area contributed by atoms with E-state index in [1.165, 1.54) is 0 Å². The first kappa shape index (κ1) is 15.8. The summed E-state index contributed by atoms with van der Waals surface area (Å²) in [4.78, 5) is 0. The van der Waals surface area contributed by atoms with E-state index < -0.39 is 0 Å². The highest BCUT2D eigenvalue weighted by molar-refractivity contribution is 5.40. The van der Waals surface area contributed by atoms with Crippen LogP contribution in [0.3, 0.4) is 0 Å². The third kappa shape index (κ3) is 5.52. The van der Waals surface area contributed by atoms with Crippen LogP contribution in [0.15, 0.2) is 18.2 Å². The van der Waals surface area contributed by atoms with E-state index in [9.17, 15) is 5.11 Å². The van der Waals surface area contributed by atoms with Gasteiger partial charge in [-0.05, 0) is 30.9 Å². The molecule has 3 heteroatoms. The lowest BCUT2D eigenvalue weighted by Gasteiger charge is -2.15. The Bertz CT molecular complexity index is 363. The molecule has 0 fully saturated rings. The predicted octanol–water partition coefficient (Wildman–Crippen LogP) is 3.78. The Kier molecular flexibility index (Phi) is 7.34. The largest absolute Gasteiger partial charge is 0.493 e. The highest BCUT2D eigenvalue weighted by Crippen LogP contribution is 2.26. The smallest absolute Gasteiger partial charge is 0.128 e. The first-order valence-electron chi connectivity index (χ1n) is 7.20. The topological polar surface area (TPSA) is 38.7 Å². The Balaban J connectivity index is 2.66. The van der Waals surface area contributed by atoms with Crippen LogP contribution in [-0.4, -0.2) is 18.3 Å². The van der Waals surface area contributed by atoms with Crippen LogP contribution in [0.5, 0.6) is 11.5 Å². The molecule has 0 spiro atoms. The molecule has 0 bridgehead atoms. The Hall–Kier alpha value is -1.22. The standard InChI is InChI=1S/C16H26O3/c1-4-6-13(3)12-19-16-10-15(18-9-5-2)8-7-14(16)11-17/h7-8,10,13,17H,4-6,9,11-12H2,1-3H3. The van der Waals surface area contributed by atoms with Gasteiger partial charge in [0, 0.05) is 11.6 Å². The molecule has 0 saturated carbocycles. The van der Waals surface area contributed by atoms with Gasteiger partial charge >= 0.3 is 0 Å². The molecule has 0 aromatic heterocycles. The maximum absolute atomic E-state index is 9.33. The van der Waals surface area contributed by atoms with E-state index in [0.717, 1.165) is 36.3 Å². The zero-order valence-electron chi connectivity index (χ0n) is 12.3. The van der Waals surface area contributed by atoms with E-state index in [4.69, 9.17) is 9.47 Å². The second-order valence-corrected chi connectivity index (χ2v) is 4.98. The molecule has 19 heavy (non-hydrogen) atoms. The third-order valence-corrected chi connectivity index (χ3v) is 2.99. The normalized spacial score (nSPS) is 12.2. The maximum Gasteiger partial charge on any atom is 0.128 e. The number of hydrogen-bond acceptors (Lipinski definition) is 3. The van der Waals surface area contributed by atoms with E-state index in [-0.39, 0.29) is 6.61 Å². The van der Waals surface area contributed by atoms with E-state index in [1.807, 2.05) is 18.2 Å². The number of hydrogen-bond donors (Lipinski definition) is 1. The first-order chi connectivity index (χ1) is 9.21. The number of aliphatic hydroxyl groups is 1. The molecule has 1 aromatic rings. The first-order valence-corrected chi connectivity index (χ1v) is 7.20. The van der Waals surface area contributed by atoms with Crippen LogP contribution < -0.4 is 9.47 Å². The molecule has 0 aliphatic rings. The minimum Gasteiger partial charge on any atom is -0.493 e. The molecule has 0 saturated heterocycles. The highest BCUT2D eigenvalue weighted by Gasteiger charge is 2.08. The van der Waals surface area contributed by atoms with Crippen molar-refractivity contribution in [2.24, 2.45) is 5.92 Å². The molecule has 3 nitrogen and oxygen atoms in total. The van der Waals surface area contributed by atoms with Gasteiger partial charge in [-0.25, -0.2) is 0 Å². The summed E-state index contributed by atoms with van der Waals surface area (Å²) in [6.07, 6.45) is 3.29. The quantitative estimate of drug-likeness (QED) is 0.739. The molecule has 1 atom stereocenters. The zero-order valence-corrected chi connectivity index (χ0v) is 12.3. The molecule has 1 unspecified atom stereocenters. The second kappa shape index (κ2) is 8.81. The van der Waals surface area contributed by atoms with Crippen molar-refractivity contribution in [3.05, 3.63) is 23.8 Å². The molecule has 1 N–H and O–H groups in total. The van der Waals surface area contributed by atoms with Crippen LogP contribution in [0, 0.1) is 5.92 Å². The van der Waals surface area contributed by atoms with Crippen LogP contribution in [0.1, 0.15) is 45.6 Å². The Labute approximate surface area is 116 Å². The van der Waals surface area contributed by atoms with E-state index in [1.54, 1.807) is 0 Å². The summed E-state index contributed by atoms with van der Waals surface area (Å²) in [7, 11) is 0. The molecule has 1 aromatic carbocycles. The molecule has 0 aliphatic carbocycles. The van der Waals surface area contributed by atoms with Crippen molar-refractivity contribution in [3.63, 3.8) is 0 Å². The van der Waals surface area contributed by atoms with Crippen LogP contribution in [-0.2, 0) is 6.61 Å². The molecule has 1 rings (SSSR count). The Morgan fingerprint density at radius 1 is 1.16 bits per heavy atom. The summed E-state index contributed by atoms with van der Waals surface area (Å²) < 4.78 is 11.4. The fourth-order valence-electron chi connectivity index (χ4n) is 1.92. The van der Waals surface area contributed by atoms with Crippen LogP contribution in [0.4, 0.5) is 0 Å². The van der Waals surface area contributed by atoms with Crippen molar-refractivity contribution < 1.29 is 14.6 Å². The number of ether oxygens (including phenoxy) is 2. The van der Waals surface area contributed by atoms with Crippen molar-refractivity contribution in [1.82, 2.24) is 0 Å². The number of benzene rings is 1. The SMILES string of the molecule is CCCOc1ccc(CO)c(OCC(C)CCC)c1. The predicted molar refractivity (Wildman–Crippen MR) is 77.7 cm³/mol. The molecule has 108 valence electrons. The summed E-state index contributed by atoms with van der Waals surface area (Å²) in [6, 6.07) is 5.62. The van der Waals surface area contributed by atoms with Crippen molar-refractivity contribution in [2.75, 3.05) is 13.2 Å². The summed E-state index contributed by atoms with van der Waals surface area (Å²) in [5.41, 5.74) is 0.813.